The summed E-state index contributed by atoms with van der Waals surface area (Å²) in [6.45, 7) is 8.83. The summed E-state index contributed by atoms with van der Waals surface area (Å²) in [4.78, 5) is 8.02. The van der Waals surface area contributed by atoms with Gasteiger partial charge in [-0.05, 0) is 43.4 Å². The van der Waals surface area contributed by atoms with E-state index in [-0.39, 0.29) is 5.82 Å². The summed E-state index contributed by atoms with van der Waals surface area (Å²) in [5.74, 6) is 0.853. The first-order valence-corrected chi connectivity index (χ1v) is 7.67. The molecule has 1 aromatic rings. The van der Waals surface area contributed by atoms with Gasteiger partial charge in [0.15, 0.2) is 11.6 Å². The predicted molar refractivity (Wildman–Crippen MR) is 80.2 cm³/mol. The highest BCUT2D eigenvalue weighted by Crippen LogP contribution is 2.38. The topological polar surface area (TPSA) is 37.8 Å². The summed E-state index contributed by atoms with van der Waals surface area (Å²) in [5, 5.41) is 3.27. The van der Waals surface area contributed by atoms with Gasteiger partial charge in [0, 0.05) is 6.04 Å². The van der Waals surface area contributed by atoms with Crippen LogP contribution in [0.25, 0.3) is 0 Å². The zero-order valence-corrected chi connectivity index (χ0v) is 13.0. The number of aryl methyl sites for hydroxylation is 1. The lowest BCUT2D eigenvalue weighted by Crippen LogP contribution is -2.32. The molecule has 0 saturated heterocycles. The van der Waals surface area contributed by atoms with Crippen LogP contribution in [0, 0.1) is 17.2 Å². The highest BCUT2D eigenvalue weighted by atomic mass is 19.1. The van der Waals surface area contributed by atoms with E-state index in [1.807, 2.05) is 6.92 Å². The molecule has 0 spiro atoms. The molecule has 0 atom stereocenters. The largest absolute Gasteiger partial charge is 0.365 e. The SMILES string of the molecule is CCc1ncnc(NC2CCC(C(C)(C)C)CC2)c1F. The second-order valence-corrected chi connectivity index (χ2v) is 6.90. The first-order chi connectivity index (χ1) is 9.41. The minimum absolute atomic E-state index is 0.284. The molecule has 1 fully saturated rings. The van der Waals surface area contributed by atoms with Crippen LogP contribution in [0.5, 0.6) is 0 Å². The van der Waals surface area contributed by atoms with E-state index in [1.54, 1.807) is 0 Å². The van der Waals surface area contributed by atoms with Crippen molar-refractivity contribution >= 4 is 5.82 Å². The predicted octanol–water partition coefficient (Wildman–Crippen LogP) is 4.19. The summed E-state index contributed by atoms with van der Waals surface area (Å²) < 4.78 is 14.1. The van der Waals surface area contributed by atoms with Crippen LogP contribution in [-0.4, -0.2) is 16.0 Å². The Bertz CT molecular complexity index is 446. The Hall–Kier alpha value is -1.19. The standard InChI is InChI=1S/C16H26FN3/c1-5-13-14(17)15(19-10-18-13)20-12-8-6-11(7-9-12)16(2,3)4/h10-12H,5-9H2,1-4H3,(H,18,19,20). The molecule has 1 aliphatic rings. The molecular formula is C16H26FN3. The van der Waals surface area contributed by atoms with E-state index in [0.29, 0.717) is 29.4 Å². The number of anilines is 1. The lowest BCUT2D eigenvalue weighted by molar-refractivity contribution is 0.173. The van der Waals surface area contributed by atoms with E-state index in [1.165, 1.54) is 19.2 Å². The number of rotatable bonds is 3. The zero-order valence-electron chi connectivity index (χ0n) is 13.0. The van der Waals surface area contributed by atoms with Crippen LogP contribution >= 0.6 is 0 Å². The molecule has 2 rings (SSSR count). The molecule has 20 heavy (non-hydrogen) atoms. The molecule has 0 aromatic carbocycles. The number of aromatic nitrogens is 2. The summed E-state index contributed by atoms with van der Waals surface area (Å²) in [5.41, 5.74) is 0.867. The van der Waals surface area contributed by atoms with E-state index < -0.39 is 0 Å². The molecule has 0 unspecified atom stereocenters. The summed E-state index contributed by atoms with van der Waals surface area (Å²) in [6, 6.07) is 0.336. The number of halogens is 1. The van der Waals surface area contributed by atoms with Crippen molar-refractivity contribution in [2.24, 2.45) is 11.3 Å². The Balaban J connectivity index is 1.96. The maximum absolute atomic E-state index is 14.1. The van der Waals surface area contributed by atoms with Gasteiger partial charge in [-0.2, -0.15) is 0 Å². The van der Waals surface area contributed by atoms with E-state index in [4.69, 9.17) is 0 Å². The quantitative estimate of drug-likeness (QED) is 0.901. The maximum atomic E-state index is 14.1. The van der Waals surface area contributed by atoms with Crippen LogP contribution in [0.15, 0.2) is 6.33 Å². The molecule has 1 aliphatic carbocycles. The number of nitrogens with one attached hydrogen (secondary N) is 1. The van der Waals surface area contributed by atoms with E-state index in [9.17, 15) is 4.39 Å². The minimum atomic E-state index is -0.284. The summed E-state index contributed by atoms with van der Waals surface area (Å²) >= 11 is 0. The van der Waals surface area contributed by atoms with Gasteiger partial charge >= 0.3 is 0 Å². The molecule has 4 heteroatoms. The Kier molecular flexibility index (Phi) is 4.61. The Labute approximate surface area is 121 Å². The van der Waals surface area contributed by atoms with Crippen molar-refractivity contribution in [3.63, 3.8) is 0 Å². The Morgan fingerprint density at radius 3 is 2.40 bits per heavy atom. The van der Waals surface area contributed by atoms with E-state index in [2.05, 4.69) is 36.1 Å². The molecule has 1 heterocycles. The molecule has 1 aromatic heterocycles. The van der Waals surface area contributed by atoms with Gasteiger partial charge in [-0.3, -0.25) is 0 Å². The van der Waals surface area contributed by atoms with E-state index >= 15 is 0 Å². The van der Waals surface area contributed by atoms with Gasteiger partial charge in [0.2, 0.25) is 0 Å². The summed E-state index contributed by atoms with van der Waals surface area (Å²) in [7, 11) is 0. The molecule has 0 amide bonds. The molecule has 3 nitrogen and oxygen atoms in total. The monoisotopic (exact) mass is 279 g/mol. The normalized spacial score (nSPS) is 23.6. The third kappa shape index (κ3) is 3.47. The maximum Gasteiger partial charge on any atom is 0.186 e. The average molecular weight is 279 g/mol. The van der Waals surface area contributed by atoms with Crippen molar-refractivity contribution in [1.29, 1.82) is 0 Å². The molecule has 0 aliphatic heterocycles. The second kappa shape index (κ2) is 6.06. The van der Waals surface area contributed by atoms with Gasteiger partial charge in [-0.25, -0.2) is 14.4 Å². The van der Waals surface area contributed by atoms with Crippen molar-refractivity contribution in [2.45, 2.75) is 65.8 Å². The van der Waals surface area contributed by atoms with Crippen molar-refractivity contribution in [1.82, 2.24) is 9.97 Å². The number of hydrogen-bond donors (Lipinski definition) is 1. The molecule has 1 N–H and O–H groups in total. The van der Waals surface area contributed by atoms with Crippen LogP contribution in [0.2, 0.25) is 0 Å². The summed E-state index contributed by atoms with van der Waals surface area (Å²) in [6.07, 6.45) is 6.63. The van der Waals surface area contributed by atoms with Gasteiger partial charge < -0.3 is 5.32 Å². The van der Waals surface area contributed by atoms with Crippen molar-refractivity contribution in [3.8, 4) is 0 Å². The Morgan fingerprint density at radius 2 is 1.85 bits per heavy atom. The van der Waals surface area contributed by atoms with Crippen LogP contribution in [0.1, 0.15) is 59.1 Å². The van der Waals surface area contributed by atoms with Gasteiger partial charge in [-0.15, -0.1) is 0 Å². The smallest absolute Gasteiger partial charge is 0.186 e. The number of hydrogen-bond acceptors (Lipinski definition) is 3. The highest BCUT2D eigenvalue weighted by molar-refractivity contribution is 5.38. The van der Waals surface area contributed by atoms with Crippen molar-refractivity contribution in [2.75, 3.05) is 5.32 Å². The lowest BCUT2D eigenvalue weighted by Gasteiger charge is -2.37. The molecule has 0 radical (unpaired) electrons. The first-order valence-electron chi connectivity index (χ1n) is 7.67. The first kappa shape index (κ1) is 15.2. The molecule has 0 bridgehead atoms. The van der Waals surface area contributed by atoms with Gasteiger partial charge in [-0.1, -0.05) is 27.7 Å². The fraction of sp³-hybridized carbons (Fsp3) is 0.750. The van der Waals surface area contributed by atoms with Gasteiger partial charge in [0.1, 0.15) is 6.33 Å². The third-order valence-corrected chi connectivity index (χ3v) is 4.49. The van der Waals surface area contributed by atoms with Crippen LogP contribution < -0.4 is 5.32 Å². The fourth-order valence-corrected chi connectivity index (χ4v) is 3.05. The zero-order chi connectivity index (χ0) is 14.8. The van der Waals surface area contributed by atoms with Crippen LogP contribution in [0.3, 0.4) is 0 Å². The van der Waals surface area contributed by atoms with Crippen LogP contribution in [-0.2, 0) is 6.42 Å². The lowest BCUT2D eigenvalue weighted by atomic mass is 9.71. The fourth-order valence-electron chi connectivity index (χ4n) is 3.05. The molecule has 1 saturated carbocycles. The third-order valence-electron chi connectivity index (χ3n) is 4.49. The van der Waals surface area contributed by atoms with Crippen molar-refractivity contribution in [3.05, 3.63) is 17.8 Å². The molecular weight excluding hydrogens is 253 g/mol. The number of nitrogens with zero attached hydrogens (tertiary/aromatic N) is 2. The Morgan fingerprint density at radius 1 is 1.20 bits per heavy atom. The van der Waals surface area contributed by atoms with Crippen molar-refractivity contribution < 1.29 is 4.39 Å². The minimum Gasteiger partial charge on any atom is -0.365 e. The van der Waals surface area contributed by atoms with Gasteiger partial charge in [0.25, 0.3) is 0 Å². The second-order valence-electron chi connectivity index (χ2n) is 6.90. The molecule has 112 valence electrons. The van der Waals surface area contributed by atoms with Crippen LogP contribution in [0.4, 0.5) is 10.2 Å². The average Bonchev–Trinajstić information content (AvgIpc) is 2.41. The van der Waals surface area contributed by atoms with Gasteiger partial charge in [0.05, 0.1) is 5.69 Å². The highest BCUT2D eigenvalue weighted by Gasteiger charge is 2.30. The van der Waals surface area contributed by atoms with E-state index in [0.717, 1.165) is 18.8 Å².